The number of halogens is 2. The Hall–Kier alpha value is -3.97. The van der Waals surface area contributed by atoms with Crippen LogP contribution in [0.4, 0.5) is 11.4 Å². The van der Waals surface area contributed by atoms with Crippen molar-refractivity contribution in [1.82, 2.24) is 10.0 Å². The van der Waals surface area contributed by atoms with Crippen molar-refractivity contribution in [2.45, 2.75) is 142 Å². The highest BCUT2D eigenvalue weighted by molar-refractivity contribution is 7.90. The molecule has 0 saturated heterocycles. The molecule has 1 aliphatic rings. The summed E-state index contributed by atoms with van der Waals surface area (Å²) < 4.78 is 34.2. The van der Waals surface area contributed by atoms with Gasteiger partial charge in [0.2, 0.25) is 10.0 Å². The van der Waals surface area contributed by atoms with Gasteiger partial charge in [0.1, 0.15) is 11.4 Å². The monoisotopic (exact) mass is 855 g/mol. The quantitative estimate of drug-likeness (QED) is 0.156. The topological polar surface area (TPSA) is 146 Å². The minimum absolute atomic E-state index is 0.0377. The van der Waals surface area contributed by atoms with Crippen molar-refractivity contribution in [1.29, 1.82) is 0 Å². The Morgan fingerprint density at radius 2 is 1.43 bits per heavy atom. The number of carbonyl (C=O) groups is 3. The van der Waals surface area contributed by atoms with Crippen LogP contribution < -0.4 is 25.1 Å². The molecule has 3 aromatic carbocycles. The first-order chi connectivity index (χ1) is 26.7. The third kappa shape index (κ3) is 10.2. The molecule has 316 valence electrons. The highest BCUT2D eigenvalue weighted by atomic mass is 35.5. The smallest absolute Gasteiger partial charge is 0.273 e. The maximum Gasteiger partial charge on any atom is 0.273 e. The standard InChI is InChI=1S/C44H59Cl2N5O6S/c1-14-33(57-34-21-20-28(43(10,11)15-2)23-30(34)44(12,13)16-3)39(53)47-29-24-31(45)36(32(46)25-29)51-40(54)35(50-58(55,56)42(7,8)9)37(49-51)48-38(52)26-18-17-19-27(22-26)41(4,5)6/h17-25,33,35,50H,14-16H2,1-13H3,(H,47,53)(H,48,49,52). The molecule has 0 spiro atoms. The predicted molar refractivity (Wildman–Crippen MR) is 236 cm³/mol. The van der Waals surface area contributed by atoms with Crippen molar-refractivity contribution in [2.24, 2.45) is 5.10 Å². The summed E-state index contributed by atoms with van der Waals surface area (Å²) >= 11 is 13.5. The number of rotatable bonds is 13. The first kappa shape index (κ1) is 46.7. The third-order valence-corrected chi connectivity index (χ3v) is 13.7. The number of nitrogens with zero attached hydrogens (tertiary/aromatic N) is 2. The van der Waals surface area contributed by atoms with Crippen LogP contribution in [0.15, 0.2) is 59.7 Å². The molecule has 1 aliphatic heterocycles. The summed E-state index contributed by atoms with van der Waals surface area (Å²) in [6, 6.07) is 14.4. The molecule has 14 heteroatoms. The first-order valence-corrected chi connectivity index (χ1v) is 21.9. The van der Waals surface area contributed by atoms with Crippen LogP contribution in [0.5, 0.6) is 5.75 Å². The Labute approximate surface area is 354 Å². The van der Waals surface area contributed by atoms with Gasteiger partial charge in [-0.2, -0.15) is 9.73 Å². The van der Waals surface area contributed by atoms with E-state index in [1.54, 1.807) is 18.2 Å². The second-order valence-corrected chi connectivity index (χ2v) is 21.3. The van der Waals surface area contributed by atoms with E-state index >= 15 is 0 Å². The van der Waals surface area contributed by atoms with Crippen molar-refractivity contribution in [3.63, 3.8) is 0 Å². The van der Waals surface area contributed by atoms with Gasteiger partial charge < -0.3 is 15.4 Å². The Bertz CT molecular complexity index is 2180. The molecule has 0 radical (unpaired) electrons. The van der Waals surface area contributed by atoms with Crippen molar-refractivity contribution in [2.75, 3.05) is 10.3 Å². The van der Waals surface area contributed by atoms with Crippen LogP contribution in [0.2, 0.25) is 10.0 Å². The van der Waals surface area contributed by atoms with Gasteiger partial charge in [-0.3, -0.25) is 14.4 Å². The van der Waals surface area contributed by atoms with E-state index < -0.39 is 44.6 Å². The second-order valence-electron chi connectivity index (χ2n) is 18.1. The lowest BCUT2D eigenvalue weighted by molar-refractivity contribution is -0.123. The SMILES string of the molecule is CCC(Oc1ccc(C(C)(C)CC)cc1C(C)(C)CC)C(=O)Nc1cc(Cl)c(N2N=C(NC(=O)c3cccc(C(C)(C)C)c3)C(NS(=O)(=O)C(C)(C)C)C2=O)c(Cl)c1. The van der Waals surface area contributed by atoms with E-state index in [9.17, 15) is 22.8 Å². The van der Waals surface area contributed by atoms with E-state index in [4.69, 9.17) is 27.9 Å². The molecule has 11 nitrogen and oxygen atoms in total. The van der Waals surface area contributed by atoms with Crippen LogP contribution in [0.25, 0.3) is 0 Å². The number of hydrazone groups is 1. The maximum absolute atomic E-state index is 14.0. The summed E-state index contributed by atoms with van der Waals surface area (Å²) in [4.78, 5) is 41.3. The van der Waals surface area contributed by atoms with Crippen LogP contribution in [-0.4, -0.2) is 48.9 Å². The van der Waals surface area contributed by atoms with Crippen molar-refractivity contribution < 1.29 is 27.5 Å². The van der Waals surface area contributed by atoms with Crippen LogP contribution >= 0.6 is 23.2 Å². The highest BCUT2D eigenvalue weighted by Gasteiger charge is 2.44. The van der Waals surface area contributed by atoms with Crippen molar-refractivity contribution in [3.05, 3.63) is 86.9 Å². The fourth-order valence-corrected chi connectivity index (χ4v) is 7.50. The highest BCUT2D eigenvalue weighted by Crippen LogP contribution is 2.41. The Morgan fingerprint density at radius 1 is 0.828 bits per heavy atom. The minimum Gasteiger partial charge on any atom is -0.480 e. The molecular weight excluding hydrogens is 797 g/mol. The zero-order valence-corrected chi connectivity index (χ0v) is 38.3. The van der Waals surface area contributed by atoms with E-state index in [0.717, 1.165) is 29.0 Å². The molecule has 3 amide bonds. The van der Waals surface area contributed by atoms with Gasteiger partial charge in [0.05, 0.1) is 14.8 Å². The van der Waals surface area contributed by atoms with E-state index in [2.05, 4.69) is 74.1 Å². The van der Waals surface area contributed by atoms with Crippen LogP contribution in [0.3, 0.4) is 0 Å². The summed E-state index contributed by atoms with van der Waals surface area (Å²) in [5, 5.41) is 10.5. The van der Waals surface area contributed by atoms with Gasteiger partial charge in [-0.25, -0.2) is 8.42 Å². The molecule has 2 unspecified atom stereocenters. The Kier molecular flexibility index (Phi) is 14.0. The lowest BCUT2D eigenvalue weighted by Crippen LogP contribution is -2.54. The molecule has 58 heavy (non-hydrogen) atoms. The van der Waals surface area contributed by atoms with Gasteiger partial charge in [-0.05, 0) is 97.7 Å². The molecule has 0 bridgehead atoms. The Morgan fingerprint density at radius 3 is 1.97 bits per heavy atom. The maximum atomic E-state index is 14.0. The van der Waals surface area contributed by atoms with Crippen LogP contribution in [-0.2, 0) is 35.9 Å². The fraction of sp³-hybridized carbons (Fsp3) is 0.500. The van der Waals surface area contributed by atoms with Crippen molar-refractivity contribution >= 4 is 68.2 Å². The number of carbonyl (C=O) groups excluding carboxylic acids is 3. The van der Waals surface area contributed by atoms with Gasteiger partial charge in [-0.1, -0.05) is 117 Å². The average Bonchev–Trinajstić information content (AvgIpc) is 3.41. The fourth-order valence-electron chi connectivity index (χ4n) is 5.98. The van der Waals surface area contributed by atoms with Crippen LogP contribution in [0.1, 0.15) is 136 Å². The van der Waals surface area contributed by atoms with Gasteiger partial charge in [0, 0.05) is 16.8 Å². The number of amidine groups is 1. The molecule has 1 heterocycles. The molecule has 4 rings (SSSR count). The van der Waals surface area contributed by atoms with Gasteiger partial charge in [-0.15, -0.1) is 5.10 Å². The lowest BCUT2D eigenvalue weighted by atomic mass is 9.76. The number of hydrogen-bond acceptors (Lipinski definition) is 7. The molecule has 2 atom stereocenters. The average molecular weight is 857 g/mol. The van der Waals surface area contributed by atoms with Gasteiger partial charge in [0.25, 0.3) is 17.7 Å². The second kappa shape index (κ2) is 17.3. The summed E-state index contributed by atoms with van der Waals surface area (Å²) in [6.45, 7) is 25.3. The molecule has 0 aliphatic carbocycles. The summed E-state index contributed by atoms with van der Waals surface area (Å²) in [5.41, 5.74) is 3.04. The largest absolute Gasteiger partial charge is 0.480 e. The zero-order chi connectivity index (χ0) is 43.8. The zero-order valence-electron chi connectivity index (χ0n) is 36.0. The summed E-state index contributed by atoms with van der Waals surface area (Å²) in [5.74, 6) is -1.54. The predicted octanol–water partition coefficient (Wildman–Crippen LogP) is 9.64. The molecule has 0 aromatic heterocycles. The molecule has 3 N–H and O–H groups in total. The number of ether oxygens (including phenoxy) is 1. The van der Waals surface area contributed by atoms with E-state index in [0.29, 0.717) is 12.2 Å². The van der Waals surface area contributed by atoms with Gasteiger partial charge >= 0.3 is 0 Å². The number of amides is 3. The number of hydrogen-bond donors (Lipinski definition) is 3. The first-order valence-electron chi connectivity index (χ1n) is 19.6. The molecule has 3 aromatic rings. The van der Waals surface area contributed by atoms with Gasteiger partial charge in [0.15, 0.2) is 18.0 Å². The third-order valence-electron chi connectivity index (χ3n) is 10.9. The summed E-state index contributed by atoms with van der Waals surface area (Å²) in [6.07, 6.45) is 1.31. The van der Waals surface area contributed by atoms with E-state index in [-0.39, 0.29) is 49.1 Å². The molecule has 0 fully saturated rings. The summed E-state index contributed by atoms with van der Waals surface area (Å²) in [7, 11) is -4.13. The minimum atomic E-state index is -4.13. The Balaban J connectivity index is 1.66. The number of benzene rings is 3. The normalized spacial score (nSPS) is 15.9. The number of nitrogens with one attached hydrogen (secondary N) is 3. The lowest BCUT2D eigenvalue weighted by Gasteiger charge is -2.31. The molecular formula is C44H59Cl2N5O6S. The van der Waals surface area contributed by atoms with E-state index in [1.165, 1.54) is 38.5 Å². The van der Waals surface area contributed by atoms with E-state index in [1.807, 2.05) is 39.8 Å². The van der Waals surface area contributed by atoms with Crippen LogP contribution in [0, 0.1) is 0 Å². The number of sulfonamides is 1. The molecule has 0 saturated carbocycles. The number of anilines is 2. The van der Waals surface area contributed by atoms with Crippen molar-refractivity contribution in [3.8, 4) is 5.75 Å².